The lowest BCUT2D eigenvalue weighted by atomic mass is 10.2. The minimum absolute atomic E-state index is 0.0386. The monoisotopic (exact) mass is 279 g/mol. The number of nitrogens with one attached hydrogen (secondary N) is 2. The lowest BCUT2D eigenvalue weighted by molar-refractivity contribution is -0.117. The highest BCUT2D eigenvalue weighted by Crippen LogP contribution is 2.27. The quantitative estimate of drug-likeness (QED) is 0.705. The Balaban J connectivity index is 1.93. The van der Waals surface area contributed by atoms with Crippen molar-refractivity contribution in [1.82, 2.24) is 10.2 Å². The van der Waals surface area contributed by atoms with E-state index in [1.165, 1.54) is 6.07 Å². The van der Waals surface area contributed by atoms with Gasteiger partial charge in [-0.15, -0.1) is 0 Å². The number of nitrogens with zero attached hydrogens (tertiary/aromatic N) is 1. The van der Waals surface area contributed by atoms with E-state index in [0.717, 1.165) is 32.6 Å². The predicted molar refractivity (Wildman–Crippen MR) is 77.2 cm³/mol. The maximum atomic E-state index is 12.0. The van der Waals surface area contributed by atoms with Gasteiger partial charge in [0, 0.05) is 19.2 Å². The van der Waals surface area contributed by atoms with Crippen LogP contribution in [0.1, 0.15) is 6.42 Å². The van der Waals surface area contributed by atoms with Crippen LogP contribution in [0.5, 0.6) is 11.5 Å². The molecule has 1 aromatic carbocycles. The zero-order valence-corrected chi connectivity index (χ0v) is 11.7. The number of hydrogen-bond acceptors (Lipinski definition) is 5. The number of hydrogen-bond donors (Lipinski definition) is 3. The van der Waals surface area contributed by atoms with E-state index in [1.807, 2.05) is 0 Å². The molecule has 1 saturated heterocycles. The van der Waals surface area contributed by atoms with Gasteiger partial charge in [-0.2, -0.15) is 0 Å². The Hall–Kier alpha value is -1.79. The molecule has 0 atom stereocenters. The molecule has 110 valence electrons. The average Bonchev–Trinajstić information content (AvgIpc) is 2.70. The van der Waals surface area contributed by atoms with Gasteiger partial charge in [0.05, 0.1) is 19.3 Å². The fourth-order valence-electron chi connectivity index (χ4n) is 2.19. The number of aromatic hydroxyl groups is 1. The summed E-state index contributed by atoms with van der Waals surface area (Å²) in [6.07, 6.45) is 1.04. The molecule has 0 unspecified atom stereocenters. The number of carbonyl (C=O) groups is 1. The van der Waals surface area contributed by atoms with Crippen molar-refractivity contribution in [1.29, 1.82) is 0 Å². The highest BCUT2D eigenvalue weighted by molar-refractivity contribution is 5.93. The molecule has 20 heavy (non-hydrogen) atoms. The fourth-order valence-corrected chi connectivity index (χ4v) is 2.19. The molecule has 0 aromatic heterocycles. The summed E-state index contributed by atoms with van der Waals surface area (Å²) in [7, 11) is 1.54. The van der Waals surface area contributed by atoms with Crippen LogP contribution in [0.3, 0.4) is 0 Å². The van der Waals surface area contributed by atoms with Crippen molar-refractivity contribution in [2.45, 2.75) is 6.42 Å². The molecule has 1 amide bonds. The van der Waals surface area contributed by atoms with Crippen LogP contribution in [0.4, 0.5) is 5.69 Å². The summed E-state index contributed by atoms with van der Waals surface area (Å²) >= 11 is 0. The van der Waals surface area contributed by atoms with Crippen LogP contribution in [-0.2, 0) is 4.79 Å². The second-order valence-electron chi connectivity index (χ2n) is 4.81. The molecule has 3 N–H and O–H groups in total. The minimum atomic E-state index is -0.129. The normalized spacial score (nSPS) is 16.4. The standard InChI is InChI=1S/C14H21N3O3/c1-20-11-3-4-13(18)12(9-11)16-14(19)10-17-7-2-5-15-6-8-17/h3-4,9,15,18H,2,5-8,10H2,1H3,(H,16,19). The lowest BCUT2D eigenvalue weighted by Gasteiger charge is -2.19. The van der Waals surface area contributed by atoms with Gasteiger partial charge in [-0.3, -0.25) is 9.69 Å². The highest BCUT2D eigenvalue weighted by atomic mass is 16.5. The van der Waals surface area contributed by atoms with E-state index in [4.69, 9.17) is 4.74 Å². The van der Waals surface area contributed by atoms with E-state index in [9.17, 15) is 9.90 Å². The molecular formula is C14H21N3O3. The molecule has 0 spiro atoms. The fraction of sp³-hybridized carbons (Fsp3) is 0.500. The number of amides is 1. The van der Waals surface area contributed by atoms with E-state index in [2.05, 4.69) is 15.5 Å². The Morgan fingerprint density at radius 1 is 1.45 bits per heavy atom. The van der Waals surface area contributed by atoms with Crippen molar-refractivity contribution >= 4 is 11.6 Å². The van der Waals surface area contributed by atoms with Crippen molar-refractivity contribution in [2.24, 2.45) is 0 Å². The predicted octanol–water partition coefficient (Wildman–Crippen LogP) is 0.635. The van der Waals surface area contributed by atoms with Crippen LogP contribution < -0.4 is 15.4 Å². The van der Waals surface area contributed by atoms with Crippen molar-refractivity contribution in [3.63, 3.8) is 0 Å². The van der Waals surface area contributed by atoms with Crippen molar-refractivity contribution in [3.8, 4) is 11.5 Å². The summed E-state index contributed by atoms with van der Waals surface area (Å²) in [5.74, 6) is 0.504. The maximum Gasteiger partial charge on any atom is 0.238 e. The number of rotatable bonds is 4. The second-order valence-corrected chi connectivity index (χ2v) is 4.81. The summed E-state index contributed by atoms with van der Waals surface area (Å²) in [4.78, 5) is 14.1. The Morgan fingerprint density at radius 3 is 3.10 bits per heavy atom. The molecule has 0 saturated carbocycles. The van der Waals surface area contributed by atoms with Gasteiger partial charge in [-0.25, -0.2) is 0 Å². The molecule has 6 nitrogen and oxygen atoms in total. The first-order chi connectivity index (χ1) is 9.69. The Morgan fingerprint density at radius 2 is 2.30 bits per heavy atom. The molecule has 1 aliphatic rings. The van der Waals surface area contributed by atoms with Crippen molar-refractivity contribution in [3.05, 3.63) is 18.2 Å². The first-order valence-corrected chi connectivity index (χ1v) is 6.79. The number of carbonyl (C=O) groups excluding carboxylic acids is 1. The summed E-state index contributed by atoms with van der Waals surface area (Å²) < 4.78 is 5.08. The van der Waals surface area contributed by atoms with Gasteiger partial charge < -0.3 is 20.5 Å². The van der Waals surface area contributed by atoms with Crippen LogP contribution in [0.15, 0.2) is 18.2 Å². The van der Waals surface area contributed by atoms with Gasteiger partial charge in [0.1, 0.15) is 11.5 Å². The van der Waals surface area contributed by atoms with E-state index < -0.39 is 0 Å². The number of benzene rings is 1. The second kappa shape index (κ2) is 7.12. The Labute approximate surface area is 118 Å². The molecule has 6 heteroatoms. The number of methoxy groups -OCH3 is 1. The van der Waals surface area contributed by atoms with Crippen LogP contribution in [-0.4, -0.2) is 55.7 Å². The summed E-state index contributed by atoms with van der Waals surface area (Å²) in [5, 5.41) is 15.8. The topological polar surface area (TPSA) is 73.8 Å². The van der Waals surface area contributed by atoms with Crippen LogP contribution in [0.2, 0.25) is 0 Å². The highest BCUT2D eigenvalue weighted by Gasteiger charge is 2.14. The maximum absolute atomic E-state index is 12.0. The average molecular weight is 279 g/mol. The number of anilines is 1. The van der Waals surface area contributed by atoms with Gasteiger partial charge in [0.2, 0.25) is 5.91 Å². The number of phenols is 1. The Bertz CT molecular complexity index is 457. The van der Waals surface area contributed by atoms with Gasteiger partial charge >= 0.3 is 0 Å². The molecule has 0 aliphatic carbocycles. The van der Waals surface area contributed by atoms with E-state index in [0.29, 0.717) is 18.0 Å². The smallest absolute Gasteiger partial charge is 0.238 e. The first kappa shape index (κ1) is 14.6. The molecule has 1 heterocycles. The van der Waals surface area contributed by atoms with Crippen molar-refractivity contribution in [2.75, 3.05) is 45.2 Å². The SMILES string of the molecule is COc1ccc(O)c(NC(=O)CN2CCCNCC2)c1. The molecule has 2 rings (SSSR count). The van der Waals surface area contributed by atoms with E-state index in [-0.39, 0.29) is 11.7 Å². The third kappa shape index (κ3) is 4.11. The largest absolute Gasteiger partial charge is 0.506 e. The van der Waals surface area contributed by atoms with Crippen LogP contribution in [0, 0.1) is 0 Å². The molecule has 0 radical (unpaired) electrons. The Kier molecular flexibility index (Phi) is 5.20. The lowest BCUT2D eigenvalue weighted by Crippen LogP contribution is -2.35. The first-order valence-electron chi connectivity index (χ1n) is 6.79. The molecule has 1 aliphatic heterocycles. The van der Waals surface area contributed by atoms with E-state index >= 15 is 0 Å². The summed E-state index contributed by atoms with van der Waals surface area (Å²) in [6.45, 7) is 3.99. The van der Waals surface area contributed by atoms with Gasteiger partial charge in [-0.1, -0.05) is 0 Å². The van der Waals surface area contributed by atoms with Gasteiger partial charge in [0.15, 0.2) is 0 Å². The van der Waals surface area contributed by atoms with Crippen LogP contribution >= 0.6 is 0 Å². The number of phenolic OH excluding ortho intramolecular Hbond substituents is 1. The molecular weight excluding hydrogens is 258 g/mol. The number of ether oxygens (including phenoxy) is 1. The molecule has 1 aromatic rings. The summed E-state index contributed by atoms with van der Waals surface area (Å²) in [5.41, 5.74) is 0.377. The summed E-state index contributed by atoms with van der Waals surface area (Å²) in [6, 6.07) is 4.76. The van der Waals surface area contributed by atoms with Crippen molar-refractivity contribution < 1.29 is 14.6 Å². The minimum Gasteiger partial charge on any atom is -0.506 e. The van der Waals surface area contributed by atoms with E-state index in [1.54, 1.807) is 19.2 Å². The molecule has 1 fully saturated rings. The third-order valence-corrected chi connectivity index (χ3v) is 3.28. The van der Waals surface area contributed by atoms with Gasteiger partial charge in [0.25, 0.3) is 0 Å². The zero-order valence-electron chi connectivity index (χ0n) is 11.7. The zero-order chi connectivity index (χ0) is 14.4. The van der Waals surface area contributed by atoms with Gasteiger partial charge in [-0.05, 0) is 31.6 Å². The third-order valence-electron chi connectivity index (χ3n) is 3.28. The molecule has 0 bridgehead atoms. The van der Waals surface area contributed by atoms with Crippen LogP contribution in [0.25, 0.3) is 0 Å².